The minimum atomic E-state index is 0.0146. The van der Waals surface area contributed by atoms with Crippen LogP contribution in [-0.2, 0) is 11.8 Å². The molecule has 4 aromatic rings. The summed E-state index contributed by atoms with van der Waals surface area (Å²) in [7, 11) is 3.79. The molecule has 1 aliphatic rings. The predicted octanol–water partition coefficient (Wildman–Crippen LogP) is 5.37. The van der Waals surface area contributed by atoms with Crippen molar-refractivity contribution in [1.29, 1.82) is 0 Å². The lowest BCUT2D eigenvalue weighted by Crippen LogP contribution is -2.49. The molecule has 1 unspecified atom stereocenters. The number of rotatable bonds is 6. The zero-order chi connectivity index (χ0) is 24.4. The summed E-state index contributed by atoms with van der Waals surface area (Å²) < 4.78 is 7.72. The highest BCUT2D eigenvalue weighted by Crippen LogP contribution is 2.35. The van der Waals surface area contributed by atoms with E-state index in [1.54, 1.807) is 7.11 Å². The van der Waals surface area contributed by atoms with Gasteiger partial charge in [0, 0.05) is 62.7 Å². The first-order chi connectivity index (χ1) is 17.0. The second-order valence-electron chi connectivity index (χ2n) is 9.42. The molecule has 5 rings (SSSR count). The SMILES string of the molecule is COc1ccccc1N1CCN(C(=O)CC(c2cccc(C)c2)c2cn(C)c3ccccc23)CC1. The van der Waals surface area contributed by atoms with E-state index in [0.717, 1.165) is 24.5 Å². The van der Waals surface area contributed by atoms with Crippen molar-refractivity contribution in [3.8, 4) is 5.75 Å². The highest BCUT2D eigenvalue weighted by atomic mass is 16.5. The molecule has 0 radical (unpaired) electrons. The molecule has 180 valence electrons. The van der Waals surface area contributed by atoms with E-state index in [4.69, 9.17) is 4.74 Å². The number of nitrogens with zero attached hydrogens (tertiary/aromatic N) is 3. The lowest BCUT2D eigenvalue weighted by atomic mass is 9.87. The second-order valence-corrected chi connectivity index (χ2v) is 9.42. The summed E-state index contributed by atoms with van der Waals surface area (Å²) in [5.74, 6) is 1.10. The van der Waals surface area contributed by atoms with Gasteiger partial charge in [-0.25, -0.2) is 0 Å². The summed E-state index contributed by atoms with van der Waals surface area (Å²) in [6.45, 7) is 5.15. The molecule has 5 nitrogen and oxygen atoms in total. The molecular formula is C30H33N3O2. The normalized spacial score (nSPS) is 14.8. The summed E-state index contributed by atoms with van der Waals surface area (Å²) in [6.07, 6.45) is 2.66. The van der Waals surface area contributed by atoms with Crippen LogP contribution in [0.2, 0.25) is 0 Å². The molecule has 3 aromatic carbocycles. The van der Waals surface area contributed by atoms with Crippen molar-refractivity contribution in [2.45, 2.75) is 19.3 Å². The van der Waals surface area contributed by atoms with Crippen molar-refractivity contribution in [3.05, 3.63) is 95.7 Å². The van der Waals surface area contributed by atoms with E-state index in [2.05, 4.69) is 84.2 Å². The van der Waals surface area contributed by atoms with Crippen molar-refractivity contribution < 1.29 is 9.53 Å². The summed E-state index contributed by atoms with van der Waals surface area (Å²) in [6, 6.07) is 25.2. The fourth-order valence-electron chi connectivity index (χ4n) is 5.34. The van der Waals surface area contributed by atoms with Gasteiger partial charge in [0.05, 0.1) is 12.8 Å². The molecule has 1 amide bonds. The molecule has 1 saturated heterocycles. The van der Waals surface area contributed by atoms with Gasteiger partial charge in [-0.2, -0.15) is 0 Å². The fourth-order valence-corrected chi connectivity index (χ4v) is 5.34. The zero-order valence-electron chi connectivity index (χ0n) is 20.8. The number of aryl methyl sites for hydroxylation is 2. The molecular weight excluding hydrogens is 434 g/mol. The van der Waals surface area contributed by atoms with Crippen LogP contribution in [0.15, 0.2) is 79.0 Å². The number of ether oxygens (including phenoxy) is 1. The van der Waals surface area contributed by atoms with Crippen molar-refractivity contribution in [1.82, 2.24) is 9.47 Å². The molecule has 1 aliphatic heterocycles. The van der Waals surface area contributed by atoms with Crippen LogP contribution in [-0.4, -0.2) is 48.7 Å². The Labute approximate surface area is 207 Å². The Morgan fingerprint density at radius 3 is 2.46 bits per heavy atom. The van der Waals surface area contributed by atoms with Crippen LogP contribution in [0.4, 0.5) is 5.69 Å². The van der Waals surface area contributed by atoms with E-state index < -0.39 is 0 Å². The summed E-state index contributed by atoms with van der Waals surface area (Å²) in [5.41, 5.74) is 5.91. The standard InChI is InChI=1S/C30H33N3O2/c1-22-9-8-10-23(19-22)25(26-21-31(2)27-12-5-4-11-24(26)27)20-30(34)33-17-15-32(16-18-33)28-13-6-7-14-29(28)35-3/h4-14,19,21,25H,15-18,20H2,1-3H3. The van der Waals surface area contributed by atoms with Crippen molar-refractivity contribution in [2.75, 3.05) is 38.2 Å². The number of piperazine rings is 1. The van der Waals surface area contributed by atoms with Gasteiger partial charge in [-0.15, -0.1) is 0 Å². The number of hydrogen-bond acceptors (Lipinski definition) is 3. The maximum atomic E-state index is 13.6. The van der Waals surface area contributed by atoms with Crippen molar-refractivity contribution >= 4 is 22.5 Å². The number of aromatic nitrogens is 1. The maximum Gasteiger partial charge on any atom is 0.223 e. The molecule has 1 fully saturated rings. The minimum absolute atomic E-state index is 0.0146. The topological polar surface area (TPSA) is 37.7 Å². The van der Waals surface area contributed by atoms with Gasteiger partial charge in [-0.1, -0.05) is 60.2 Å². The van der Waals surface area contributed by atoms with Crippen LogP contribution in [0, 0.1) is 6.92 Å². The van der Waals surface area contributed by atoms with Crippen molar-refractivity contribution in [2.24, 2.45) is 7.05 Å². The molecule has 35 heavy (non-hydrogen) atoms. The van der Waals surface area contributed by atoms with Gasteiger partial charge in [0.25, 0.3) is 0 Å². The van der Waals surface area contributed by atoms with Crippen molar-refractivity contribution in [3.63, 3.8) is 0 Å². The first-order valence-corrected chi connectivity index (χ1v) is 12.3. The summed E-state index contributed by atoms with van der Waals surface area (Å²) >= 11 is 0. The number of fused-ring (bicyclic) bond motifs is 1. The quantitative estimate of drug-likeness (QED) is 0.383. The van der Waals surface area contributed by atoms with E-state index in [1.165, 1.54) is 27.6 Å². The minimum Gasteiger partial charge on any atom is -0.495 e. The number of methoxy groups -OCH3 is 1. The van der Waals surface area contributed by atoms with Crippen LogP contribution < -0.4 is 9.64 Å². The summed E-state index contributed by atoms with van der Waals surface area (Å²) in [4.78, 5) is 18.0. The van der Waals surface area contributed by atoms with Gasteiger partial charge in [-0.3, -0.25) is 4.79 Å². The fraction of sp³-hybridized carbons (Fsp3) is 0.300. The monoisotopic (exact) mass is 467 g/mol. The highest BCUT2D eigenvalue weighted by molar-refractivity contribution is 5.86. The van der Waals surface area contributed by atoms with Gasteiger partial charge >= 0.3 is 0 Å². The van der Waals surface area contributed by atoms with E-state index in [-0.39, 0.29) is 11.8 Å². The maximum absolute atomic E-state index is 13.6. The van der Waals surface area contributed by atoms with Crippen LogP contribution >= 0.6 is 0 Å². The van der Waals surface area contributed by atoms with Crippen LogP contribution in [0.1, 0.15) is 29.0 Å². The first-order valence-electron chi connectivity index (χ1n) is 12.3. The number of anilines is 1. The second kappa shape index (κ2) is 9.87. The Hall–Kier alpha value is -3.73. The molecule has 0 bridgehead atoms. The predicted molar refractivity (Wildman–Crippen MR) is 142 cm³/mol. The van der Waals surface area contributed by atoms with Gasteiger partial charge < -0.3 is 19.1 Å². The van der Waals surface area contributed by atoms with Gasteiger partial charge in [0.2, 0.25) is 5.91 Å². The van der Waals surface area contributed by atoms with E-state index in [1.807, 2.05) is 23.1 Å². The summed E-state index contributed by atoms with van der Waals surface area (Å²) in [5, 5.41) is 1.22. The molecule has 0 saturated carbocycles. The Morgan fingerprint density at radius 2 is 1.69 bits per heavy atom. The van der Waals surface area contributed by atoms with Gasteiger partial charge in [-0.05, 0) is 36.2 Å². The third-order valence-corrected chi connectivity index (χ3v) is 7.18. The molecule has 1 atom stereocenters. The Kier molecular flexibility index (Phi) is 6.49. The average molecular weight is 468 g/mol. The average Bonchev–Trinajstić information content (AvgIpc) is 3.23. The number of hydrogen-bond donors (Lipinski definition) is 0. The number of carbonyl (C=O) groups is 1. The van der Waals surface area contributed by atoms with Gasteiger partial charge in [0.1, 0.15) is 5.75 Å². The molecule has 1 aromatic heterocycles. The highest BCUT2D eigenvalue weighted by Gasteiger charge is 2.28. The molecule has 0 spiro atoms. The van der Waals surface area contributed by atoms with Crippen LogP contribution in [0.3, 0.4) is 0 Å². The third-order valence-electron chi connectivity index (χ3n) is 7.18. The van der Waals surface area contributed by atoms with E-state index >= 15 is 0 Å². The Balaban J connectivity index is 1.38. The number of carbonyl (C=O) groups excluding carboxylic acids is 1. The molecule has 5 heteroatoms. The molecule has 0 aliphatic carbocycles. The largest absolute Gasteiger partial charge is 0.495 e. The number of benzene rings is 3. The van der Waals surface area contributed by atoms with Crippen LogP contribution in [0.5, 0.6) is 5.75 Å². The lowest BCUT2D eigenvalue weighted by molar-refractivity contribution is -0.131. The molecule has 2 heterocycles. The smallest absolute Gasteiger partial charge is 0.223 e. The molecule has 0 N–H and O–H groups in total. The zero-order valence-corrected chi connectivity index (χ0v) is 20.8. The number of para-hydroxylation sites is 3. The first kappa shape index (κ1) is 23.0. The Morgan fingerprint density at radius 1 is 0.943 bits per heavy atom. The van der Waals surface area contributed by atoms with Crippen LogP contribution in [0.25, 0.3) is 10.9 Å². The Bertz CT molecular complexity index is 1330. The van der Waals surface area contributed by atoms with E-state index in [0.29, 0.717) is 19.5 Å². The van der Waals surface area contributed by atoms with E-state index in [9.17, 15) is 4.79 Å². The third kappa shape index (κ3) is 4.63. The lowest BCUT2D eigenvalue weighted by Gasteiger charge is -2.37. The van der Waals surface area contributed by atoms with Gasteiger partial charge in [0.15, 0.2) is 0 Å². The number of amides is 1.